The summed E-state index contributed by atoms with van der Waals surface area (Å²) in [5.74, 6) is 0.558. The summed E-state index contributed by atoms with van der Waals surface area (Å²) in [6.45, 7) is 4.40. The molecular weight excluding hydrogens is 328 g/mol. The van der Waals surface area contributed by atoms with Gasteiger partial charge in [-0.15, -0.1) is 11.3 Å². The van der Waals surface area contributed by atoms with Gasteiger partial charge in [-0.1, -0.05) is 6.07 Å². The van der Waals surface area contributed by atoms with Crippen LogP contribution in [0.25, 0.3) is 0 Å². The maximum atomic E-state index is 12.4. The van der Waals surface area contributed by atoms with E-state index in [4.69, 9.17) is 9.47 Å². The van der Waals surface area contributed by atoms with Crippen molar-refractivity contribution in [1.82, 2.24) is 20.2 Å². The van der Waals surface area contributed by atoms with E-state index in [1.165, 1.54) is 0 Å². The fourth-order valence-corrected chi connectivity index (χ4v) is 3.16. The number of pyridine rings is 1. The van der Waals surface area contributed by atoms with Gasteiger partial charge in [0.1, 0.15) is 11.1 Å². The van der Waals surface area contributed by atoms with Gasteiger partial charge in [0.15, 0.2) is 0 Å². The minimum absolute atomic E-state index is 0.119. The third kappa shape index (κ3) is 4.01. The Hall–Kier alpha value is -2.19. The van der Waals surface area contributed by atoms with Gasteiger partial charge in [-0.3, -0.25) is 0 Å². The zero-order valence-corrected chi connectivity index (χ0v) is 14.3. The van der Waals surface area contributed by atoms with Crippen LogP contribution in [0.5, 0.6) is 5.88 Å². The first-order valence-electron chi connectivity index (χ1n) is 7.88. The van der Waals surface area contributed by atoms with Crippen molar-refractivity contribution in [3.63, 3.8) is 0 Å². The molecule has 1 unspecified atom stereocenters. The van der Waals surface area contributed by atoms with Crippen LogP contribution in [0.1, 0.15) is 23.6 Å². The van der Waals surface area contributed by atoms with Gasteiger partial charge in [0.25, 0.3) is 0 Å². The fourth-order valence-electron chi connectivity index (χ4n) is 2.48. The summed E-state index contributed by atoms with van der Waals surface area (Å²) in [6, 6.07) is 3.61. The van der Waals surface area contributed by atoms with Gasteiger partial charge in [-0.25, -0.2) is 14.8 Å². The number of carbonyl (C=O) groups is 1. The quantitative estimate of drug-likeness (QED) is 0.896. The lowest BCUT2D eigenvalue weighted by Gasteiger charge is -2.32. The molecule has 0 aromatic carbocycles. The second kappa shape index (κ2) is 8.07. The van der Waals surface area contributed by atoms with Crippen LogP contribution in [-0.4, -0.2) is 47.2 Å². The average Bonchev–Trinajstić information content (AvgIpc) is 3.16. The summed E-state index contributed by atoms with van der Waals surface area (Å²) in [5.41, 5.74) is 0.859. The molecule has 1 aliphatic heterocycles. The van der Waals surface area contributed by atoms with Crippen LogP contribution in [-0.2, 0) is 11.3 Å². The minimum Gasteiger partial charge on any atom is -0.478 e. The van der Waals surface area contributed by atoms with E-state index in [0.29, 0.717) is 38.7 Å². The number of rotatable bonds is 5. The highest BCUT2D eigenvalue weighted by Crippen LogP contribution is 2.24. The van der Waals surface area contributed by atoms with Gasteiger partial charge < -0.3 is 19.7 Å². The third-order valence-electron chi connectivity index (χ3n) is 3.64. The highest BCUT2D eigenvalue weighted by atomic mass is 32.1. The third-order valence-corrected chi connectivity index (χ3v) is 4.51. The molecule has 24 heavy (non-hydrogen) atoms. The predicted octanol–water partition coefficient (Wildman–Crippen LogP) is 2.22. The SMILES string of the molecule is CCOc1ncccc1CNC(=O)N1CCOC(c2nccs2)C1. The molecule has 2 aromatic rings. The minimum atomic E-state index is -0.151. The van der Waals surface area contributed by atoms with E-state index in [0.717, 1.165) is 10.6 Å². The Morgan fingerprint density at radius 2 is 2.42 bits per heavy atom. The molecule has 0 spiro atoms. The Morgan fingerprint density at radius 1 is 1.50 bits per heavy atom. The summed E-state index contributed by atoms with van der Waals surface area (Å²) in [6.07, 6.45) is 3.28. The van der Waals surface area contributed by atoms with E-state index < -0.39 is 0 Å². The Bertz CT molecular complexity index is 665. The number of thiazole rings is 1. The van der Waals surface area contributed by atoms with Gasteiger partial charge in [0.2, 0.25) is 5.88 Å². The average molecular weight is 348 g/mol. The second-order valence-corrected chi connectivity index (χ2v) is 6.16. The Morgan fingerprint density at radius 3 is 3.21 bits per heavy atom. The first kappa shape index (κ1) is 16.7. The summed E-state index contributed by atoms with van der Waals surface area (Å²) in [5, 5.41) is 5.74. The molecule has 7 nitrogen and oxygen atoms in total. The van der Waals surface area contributed by atoms with Gasteiger partial charge in [0.05, 0.1) is 19.8 Å². The summed E-state index contributed by atoms with van der Waals surface area (Å²) in [4.78, 5) is 22.7. The van der Waals surface area contributed by atoms with Crippen molar-refractivity contribution < 1.29 is 14.3 Å². The standard InChI is InChI=1S/C16H20N4O3S/c1-2-22-14-12(4-3-5-17-14)10-19-16(21)20-7-8-23-13(11-20)15-18-6-9-24-15/h3-6,9,13H,2,7-8,10-11H2,1H3,(H,19,21). The normalized spacial score (nSPS) is 17.5. The summed E-state index contributed by atoms with van der Waals surface area (Å²) < 4.78 is 11.2. The van der Waals surface area contributed by atoms with Crippen LogP contribution < -0.4 is 10.1 Å². The van der Waals surface area contributed by atoms with Gasteiger partial charge in [0, 0.05) is 36.4 Å². The number of nitrogens with zero attached hydrogens (tertiary/aromatic N) is 3. The molecule has 1 saturated heterocycles. The number of carbonyl (C=O) groups excluding carboxylic acids is 1. The molecule has 1 N–H and O–H groups in total. The number of morpholine rings is 1. The number of ether oxygens (including phenoxy) is 2. The van der Waals surface area contributed by atoms with Crippen molar-refractivity contribution in [2.75, 3.05) is 26.3 Å². The van der Waals surface area contributed by atoms with Crippen LogP contribution in [0, 0.1) is 0 Å². The van der Waals surface area contributed by atoms with Crippen molar-refractivity contribution in [3.05, 3.63) is 40.5 Å². The van der Waals surface area contributed by atoms with Crippen molar-refractivity contribution in [1.29, 1.82) is 0 Å². The molecule has 3 heterocycles. The number of nitrogens with one attached hydrogen (secondary N) is 1. The monoisotopic (exact) mass is 348 g/mol. The van der Waals surface area contributed by atoms with E-state index in [1.807, 2.05) is 24.4 Å². The molecule has 0 bridgehead atoms. The van der Waals surface area contributed by atoms with Gasteiger partial charge >= 0.3 is 6.03 Å². The van der Waals surface area contributed by atoms with Crippen molar-refractivity contribution in [2.45, 2.75) is 19.6 Å². The Balaban J connectivity index is 1.57. The fraction of sp³-hybridized carbons (Fsp3) is 0.438. The molecule has 0 saturated carbocycles. The van der Waals surface area contributed by atoms with Crippen molar-refractivity contribution in [3.8, 4) is 5.88 Å². The van der Waals surface area contributed by atoms with Gasteiger partial charge in [-0.05, 0) is 13.0 Å². The number of hydrogen-bond donors (Lipinski definition) is 1. The Kier molecular flexibility index (Phi) is 5.60. The highest BCUT2D eigenvalue weighted by Gasteiger charge is 2.26. The van der Waals surface area contributed by atoms with E-state index in [2.05, 4.69) is 15.3 Å². The van der Waals surface area contributed by atoms with Crippen LogP contribution in [0.4, 0.5) is 4.79 Å². The van der Waals surface area contributed by atoms with Crippen LogP contribution in [0.3, 0.4) is 0 Å². The summed E-state index contributed by atoms with van der Waals surface area (Å²) in [7, 11) is 0. The molecule has 1 fully saturated rings. The van der Waals surface area contributed by atoms with Crippen LogP contribution >= 0.6 is 11.3 Å². The van der Waals surface area contributed by atoms with E-state index in [-0.39, 0.29) is 12.1 Å². The molecule has 8 heteroatoms. The zero-order valence-electron chi connectivity index (χ0n) is 13.5. The van der Waals surface area contributed by atoms with Gasteiger partial charge in [-0.2, -0.15) is 0 Å². The maximum Gasteiger partial charge on any atom is 0.317 e. The lowest BCUT2D eigenvalue weighted by atomic mass is 10.2. The van der Waals surface area contributed by atoms with Crippen LogP contribution in [0.15, 0.2) is 29.9 Å². The first-order valence-corrected chi connectivity index (χ1v) is 8.76. The van der Waals surface area contributed by atoms with Crippen molar-refractivity contribution in [2.24, 2.45) is 0 Å². The topological polar surface area (TPSA) is 76.6 Å². The van der Waals surface area contributed by atoms with E-state index in [1.54, 1.807) is 28.6 Å². The molecule has 128 valence electrons. The molecule has 0 radical (unpaired) electrons. The zero-order chi connectivity index (χ0) is 16.8. The first-order chi connectivity index (χ1) is 11.8. The second-order valence-electron chi connectivity index (χ2n) is 5.24. The van der Waals surface area contributed by atoms with Crippen molar-refractivity contribution >= 4 is 17.4 Å². The molecule has 1 aliphatic rings. The molecule has 1 atom stereocenters. The number of amides is 2. The highest BCUT2D eigenvalue weighted by molar-refractivity contribution is 7.09. The lowest BCUT2D eigenvalue weighted by molar-refractivity contribution is -0.0155. The molecule has 0 aliphatic carbocycles. The molecular formula is C16H20N4O3S. The number of hydrogen-bond acceptors (Lipinski definition) is 6. The maximum absolute atomic E-state index is 12.4. The van der Waals surface area contributed by atoms with Crippen LogP contribution in [0.2, 0.25) is 0 Å². The molecule has 2 aromatic heterocycles. The Labute approximate surface area is 144 Å². The number of urea groups is 1. The predicted molar refractivity (Wildman–Crippen MR) is 90.0 cm³/mol. The summed E-state index contributed by atoms with van der Waals surface area (Å²) >= 11 is 1.54. The lowest BCUT2D eigenvalue weighted by Crippen LogP contribution is -2.47. The molecule has 3 rings (SSSR count). The smallest absolute Gasteiger partial charge is 0.317 e. The van der Waals surface area contributed by atoms with E-state index >= 15 is 0 Å². The number of aromatic nitrogens is 2. The largest absolute Gasteiger partial charge is 0.478 e. The van der Waals surface area contributed by atoms with E-state index in [9.17, 15) is 4.79 Å². The molecule has 2 amide bonds.